The highest BCUT2D eigenvalue weighted by Crippen LogP contribution is 2.35. The first-order chi connectivity index (χ1) is 12.0. The number of alkyl halides is 2. The van der Waals surface area contributed by atoms with Crippen LogP contribution in [0.3, 0.4) is 0 Å². The number of rotatable bonds is 5. The van der Waals surface area contributed by atoms with Crippen LogP contribution in [-0.2, 0) is 6.11 Å². The van der Waals surface area contributed by atoms with E-state index in [9.17, 15) is 8.78 Å². The van der Waals surface area contributed by atoms with E-state index in [1.54, 1.807) is 24.3 Å². The van der Waals surface area contributed by atoms with Gasteiger partial charge in [0.05, 0.1) is 5.56 Å². The molecule has 0 aliphatic heterocycles. The molecule has 2 aromatic rings. The molecule has 0 heterocycles. The Hall–Kier alpha value is -1.90. The molecule has 1 saturated carbocycles. The van der Waals surface area contributed by atoms with Gasteiger partial charge in [-0.05, 0) is 60.1 Å². The van der Waals surface area contributed by atoms with E-state index in [-0.39, 0.29) is 11.3 Å². The van der Waals surface area contributed by atoms with Gasteiger partial charge in [0.25, 0.3) is 0 Å². The number of halogens is 2. The molecular weight excluding hydrogens is 318 g/mol. The van der Waals surface area contributed by atoms with Crippen molar-refractivity contribution in [3.63, 3.8) is 0 Å². The van der Waals surface area contributed by atoms with Gasteiger partial charge in [-0.3, -0.25) is 0 Å². The van der Waals surface area contributed by atoms with Crippen molar-refractivity contribution >= 4 is 0 Å². The molecule has 0 radical (unpaired) electrons. The van der Waals surface area contributed by atoms with Crippen LogP contribution >= 0.6 is 0 Å². The monoisotopic (exact) mass is 344 g/mol. The van der Waals surface area contributed by atoms with E-state index in [0.29, 0.717) is 11.8 Å². The molecular formula is C22H26F2O. The van der Waals surface area contributed by atoms with Crippen LogP contribution in [0.15, 0.2) is 48.5 Å². The first kappa shape index (κ1) is 17.9. The molecule has 0 unspecified atom stereocenters. The van der Waals surface area contributed by atoms with Gasteiger partial charge in [0, 0.05) is 0 Å². The van der Waals surface area contributed by atoms with Gasteiger partial charge in [0.2, 0.25) is 0 Å². The summed E-state index contributed by atoms with van der Waals surface area (Å²) in [7, 11) is 0. The third-order valence-corrected chi connectivity index (χ3v) is 5.12. The second kappa shape index (κ2) is 7.55. The molecule has 0 amide bonds. The van der Waals surface area contributed by atoms with Crippen molar-refractivity contribution in [3.8, 4) is 5.75 Å². The van der Waals surface area contributed by atoms with Gasteiger partial charge in [-0.25, -0.2) is 0 Å². The van der Waals surface area contributed by atoms with Gasteiger partial charge in [-0.2, -0.15) is 8.78 Å². The number of benzene rings is 2. The lowest BCUT2D eigenvalue weighted by molar-refractivity contribution is -0.185. The van der Waals surface area contributed by atoms with Crippen molar-refractivity contribution in [2.75, 3.05) is 0 Å². The predicted octanol–water partition coefficient (Wildman–Crippen LogP) is 6.99. The largest absolute Gasteiger partial charge is 0.429 e. The highest BCUT2D eigenvalue weighted by Gasteiger charge is 2.34. The molecule has 3 heteroatoms. The zero-order chi connectivity index (χ0) is 17.9. The minimum absolute atomic E-state index is 0.117. The first-order valence-electron chi connectivity index (χ1n) is 9.23. The first-order valence-corrected chi connectivity index (χ1v) is 9.23. The minimum Gasteiger partial charge on any atom is -0.429 e. The van der Waals surface area contributed by atoms with Crippen molar-refractivity contribution in [3.05, 3.63) is 65.2 Å². The molecule has 0 bridgehead atoms. The van der Waals surface area contributed by atoms with Crippen molar-refractivity contribution < 1.29 is 13.5 Å². The summed E-state index contributed by atoms with van der Waals surface area (Å²) in [5, 5.41) is 0. The van der Waals surface area contributed by atoms with E-state index >= 15 is 0 Å². The Morgan fingerprint density at radius 2 is 1.48 bits per heavy atom. The average molecular weight is 344 g/mol. The maximum absolute atomic E-state index is 14.4. The van der Waals surface area contributed by atoms with Gasteiger partial charge in [0.1, 0.15) is 5.75 Å². The predicted molar refractivity (Wildman–Crippen MR) is 97.3 cm³/mol. The fourth-order valence-electron chi connectivity index (χ4n) is 3.51. The summed E-state index contributed by atoms with van der Waals surface area (Å²) in [6.07, 6.45) is 2.87. The van der Waals surface area contributed by atoms with E-state index in [1.807, 2.05) is 26.0 Å². The lowest BCUT2D eigenvalue weighted by atomic mass is 9.84. The Morgan fingerprint density at radius 3 is 2.04 bits per heavy atom. The molecule has 0 N–H and O–H groups in total. The summed E-state index contributed by atoms with van der Waals surface area (Å²) in [5.41, 5.74) is 2.15. The highest BCUT2D eigenvalue weighted by atomic mass is 19.3. The molecule has 25 heavy (non-hydrogen) atoms. The molecule has 0 spiro atoms. The lowest BCUT2D eigenvalue weighted by Crippen LogP contribution is -2.21. The zero-order valence-electron chi connectivity index (χ0n) is 15.0. The molecule has 0 atom stereocenters. The Kier molecular flexibility index (Phi) is 5.41. The van der Waals surface area contributed by atoms with Gasteiger partial charge < -0.3 is 4.74 Å². The Balaban J connectivity index is 1.69. The van der Waals surface area contributed by atoms with E-state index < -0.39 is 6.11 Å². The fraction of sp³-hybridized carbons (Fsp3) is 0.455. The molecule has 0 saturated heterocycles. The van der Waals surface area contributed by atoms with Crippen LogP contribution in [0.25, 0.3) is 0 Å². The third kappa shape index (κ3) is 4.39. The normalized spacial score (nSPS) is 16.2. The molecule has 2 aromatic carbocycles. The smallest absolute Gasteiger partial charge is 0.426 e. The van der Waals surface area contributed by atoms with Crippen LogP contribution in [0, 0.1) is 0 Å². The quantitative estimate of drug-likeness (QED) is 0.568. The van der Waals surface area contributed by atoms with Crippen LogP contribution in [-0.4, -0.2) is 0 Å². The Morgan fingerprint density at radius 1 is 0.880 bits per heavy atom. The van der Waals surface area contributed by atoms with E-state index in [2.05, 4.69) is 0 Å². The minimum atomic E-state index is -3.33. The molecule has 3 rings (SSSR count). The van der Waals surface area contributed by atoms with Crippen LogP contribution in [0.4, 0.5) is 8.78 Å². The van der Waals surface area contributed by atoms with Crippen molar-refractivity contribution in [1.82, 2.24) is 0 Å². The highest BCUT2D eigenvalue weighted by molar-refractivity contribution is 5.32. The van der Waals surface area contributed by atoms with Crippen LogP contribution in [0.5, 0.6) is 5.75 Å². The average Bonchev–Trinajstić information content (AvgIpc) is 2.63. The van der Waals surface area contributed by atoms with E-state index in [0.717, 1.165) is 5.56 Å². The second-order valence-corrected chi connectivity index (χ2v) is 7.30. The summed E-state index contributed by atoms with van der Waals surface area (Å²) in [6, 6.07) is 13.6. The molecule has 134 valence electrons. The summed E-state index contributed by atoms with van der Waals surface area (Å²) in [6.45, 7) is 4.08. The van der Waals surface area contributed by atoms with Crippen LogP contribution in [0.1, 0.15) is 74.5 Å². The number of hydrogen-bond acceptors (Lipinski definition) is 1. The summed E-state index contributed by atoms with van der Waals surface area (Å²) >= 11 is 0. The van der Waals surface area contributed by atoms with Gasteiger partial charge >= 0.3 is 6.11 Å². The van der Waals surface area contributed by atoms with Gasteiger partial charge in [-0.15, -0.1) is 0 Å². The molecule has 1 aliphatic rings. The van der Waals surface area contributed by atoms with Crippen molar-refractivity contribution in [2.24, 2.45) is 0 Å². The van der Waals surface area contributed by atoms with Crippen LogP contribution < -0.4 is 4.74 Å². The Labute approximate surface area is 149 Å². The third-order valence-electron chi connectivity index (χ3n) is 5.12. The summed E-state index contributed by atoms with van der Waals surface area (Å²) in [5.74, 6) is 1.08. The van der Waals surface area contributed by atoms with Gasteiger partial charge in [-0.1, -0.05) is 57.4 Å². The summed E-state index contributed by atoms with van der Waals surface area (Å²) in [4.78, 5) is 0. The Bertz CT molecular complexity index is 668. The maximum Gasteiger partial charge on any atom is 0.426 e. The van der Waals surface area contributed by atoms with Crippen molar-refractivity contribution in [1.29, 1.82) is 0 Å². The summed E-state index contributed by atoms with van der Waals surface area (Å²) < 4.78 is 33.8. The fourth-order valence-corrected chi connectivity index (χ4v) is 3.51. The van der Waals surface area contributed by atoms with Gasteiger partial charge in [0.15, 0.2) is 0 Å². The standard InChI is InChI=1S/C22H26F2O/c1-16(2)17-8-12-20(13-9-17)22(23,24)25-21-14-10-19(11-15-21)18-6-4-3-5-7-18/h8-16,18H,3-7H2,1-2H3. The van der Waals surface area contributed by atoms with E-state index in [1.165, 1.54) is 49.8 Å². The topological polar surface area (TPSA) is 9.23 Å². The van der Waals surface area contributed by atoms with Crippen molar-refractivity contribution in [2.45, 2.75) is 63.9 Å². The van der Waals surface area contributed by atoms with E-state index in [4.69, 9.17) is 4.74 Å². The molecule has 1 fully saturated rings. The number of hydrogen-bond donors (Lipinski definition) is 0. The second-order valence-electron chi connectivity index (χ2n) is 7.30. The van der Waals surface area contributed by atoms with Crippen LogP contribution in [0.2, 0.25) is 0 Å². The number of ether oxygens (including phenoxy) is 1. The molecule has 1 aliphatic carbocycles. The lowest BCUT2D eigenvalue weighted by Gasteiger charge is -2.23. The molecule has 0 aromatic heterocycles. The molecule has 1 nitrogen and oxygen atoms in total. The zero-order valence-corrected chi connectivity index (χ0v) is 15.0. The SMILES string of the molecule is CC(C)c1ccc(C(F)(F)Oc2ccc(C3CCCCC3)cc2)cc1. The maximum atomic E-state index is 14.4.